The summed E-state index contributed by atoms with van der Waals surface area (Å²) in [7, 11) is 0. The molecule has 186 valence electrons. The summed E-state index contributed by atoms with van der Waals surface area (Å²) in [5.74, 6) is -0.860. The predicted molar refractivity (Wildman–Crippen MR) is 120 cm³/mol. The maximum atomic E-state index is 10.3. The van der Waals surface area contributed by atoms with Gasteiger partial charge in [0, 0.05) is 6.61 Å². The molecule has 0 fully saturated rings. The first-order valence-corrected chi connectivity index (χ1v) is 12.0. The lowest BCUT2D eigenvalue weighted by Gasteiger charge is -2.08. The number of unbranched alkanes of at least 4 members (excludes halogenated alkanes) is 7. The van der Waals surface area contributed by atoms with Gasteiger partial charge in [0.1, 0.15) is 0 Å². The van der Waals surface area contributed by atoms with Crippen molar-refractivity contribution in [2.45, 2.75) is 64.7 Å². The van der Waals surface area contributed by atoms with Gasteiger partial charge in [0.25, 0.3) is 0 Å². The third-order valence-corrected chi connectivity index (χ3v) is 4.46. The molecule has 0 aliphatic heterocycles. The maximum absolute atomic E-state index is 10.3. The minimum absolute atomic E-state index is 0.0152. The predicted octanol–water partition coefficient (Wildman–Crippen LogP) is 3.70. The molecular formula is C23H46O8. The second-order valence-electron chi connectivity index (χ2n) is 7.29. The summed E-state index contributed by atoms with van der Waals surface area (Å²) in [5.41, 5.74) is 0. The number of carboxylic acid groups (broad SMARTS) is 1. The van der Waals surface area contributed by atoms with E-state index < -0.39 is 5.97 Å². The molecule has 8 heteroatoms. The van der Waals surface area contributed by atoms with Crippen molar-refractivity contribution in [3.8, 4) is 0 Å². The number of carboxylic acids is 1. The second-order valence-corrected chi connectivity index (χ2v) is 7.29. The van der Waals surface area contributed by atoms with Crippen molar-refractivity contribution in [1.29, 1.82) is 0 Å². The number of hydrogen-bond donors (Lipinski definition) is 1. The molecule has 0 aromatic rings. The van der Waals surface area contributed by atoms with E-state index in [9.17, 15) is 4.79 Å². The van der Waals surface area contributed by atoms with Gasteiger partial charge in [0.2, 0.25) is 0 Å². The molecule has 31 heavy (non-hydrogen) atoms. The number of carbonyl (C=O) groups is 1. The summed E-state index contributed by atoms with van der Waals surface area (Å²) in [4.78, 5) is 10.3. The van der Waals surface area contributed by atoms with E-state index >= 15 is 0 Å². The standard InChI is InChI=1S/C23H46O8/c1-2-3-4-5-6-7-8-9-11-26-13-15-28-17-19-30-21-22-31-20-18-29-16-14-27-12-10-23(24)25/h2-22H2,1H3,(H,24,25). The highest BCUT2D eigenvalue weighted by Gasteiger charge is 1.97. The average molecular weight is 451 g/mol. The van der Waals surface area contributed by atoms with E-state index in [0.717, 1.165) is 13.0 Å². The summed E-state index contributed by atoms with van der Waals surface area (Å²) in [6.07, 6.45) is 10.5. The molecule has 0 aliphatic rings. The lowest BCUT2D eigenvalue weighted by Crippen LogP contribution is -2.14. The Morgan fingerprint density at radius 3 is 1.19 bits per heavy atom. The quantitative estimate of drug-likeness (QED) is 0.189. The number of rotatable bonds is 27. The topological polar surface area (TPSA) is 92.7 Å². The van der Waals surface area contributed by atoms with Crippen LogP contribution in [0.4, 0.5) is 0 Å². The smallest absolute Gasteiger partial charge is 0.305 e. The van der Waals surface area contributed by atoms with Crippen LogP contribution in [-0.2, 0) is 33.2 Å². The van der Waals surface area contributed by atoms with Gasteiger partial charge in [-0.15, -0.1) is 0 Å². The van der Waals surface area contributed by atoms with E-state index in [4.69, 9.17) is 33.5 Å². The van der Waals surface area contributed by atoms with E-state index in [-0.39, 0.29) is 13.0 Å². The van der Waals surface area contributed by atoms with Gasteiger partial charge in [-0.2, -0.15) is 0 Å². The van der Waals surface area contributed by atoms with Gasteiger partial charge in [-0.3, -0.25) is 4.79 Å². The van der Waals surface area contributed by atoms with Crippen LogP contribution in [0, 0.1) is 0 Å². The molecular weight excluding hydrogens is 404 g/mol. The van der Waals surface area contributed by atoms with Crippen molar-refractivity contribution in [2.75, 3.05) is 79.3 Å². The molecule has 0 aromatic heterocycles. The maximum Gasteiger partial charge on any atom is 0.305 e. The van der Waals surface area contributed by atoms with E-state index in [2.05, 4.69) is 6.92 Å². The highest BCUT2D eigenvalue weighted by atomic mass is 16.6. The summed E-state index contributed by atoms with van der Waals surface area (Å²) in [6.45, 7) is 8.47. The fraction of sp³-hybridized carbons (Fsp3) is 0.957. The number of aliphatic carboxylic acids is 1. The SMILES string of the molecule is CCCCCCCCCCOCCOCCOCCOCCOCCOCCC(=O)O. The highest BCUT2D eigenvalue weighted by Crippen LogP contribution is 2.08. The molecule has 0 aliphatic carbocycles. The molecule has 0 atom stereocenters. The molecule has 8 nitrogen and oxygen atoms in total. The third kappa shape index (κ3) is 29.2. The van der Waals surface area contributed by atoms with Crippen LogP contribution in [0.2, 0.25) is 0 Å². The summed E-state index contributed by atoms with van der Waals surface area (Å²) in [5, 5.41) is 8.45. The molecule has 0 spiro atoms. The lowest BCUT2D eigenvalue weighted by molar-refractivity contribution is -0.138. The number of hydrogen-bond acceptors (Lipinski definition) is 7. The molecule has 0 rings (SSSR count). The van der Waals surface area contributed by atoms with Crippen molar-refractivity contribution >= 4 is 5.97 Å². The normalized spacial score (nSPS) is 11.3. The van der Waals surface area contributed by atoms with Crippen LogP contribution in [0.5, 0.6) is 0 Å². The zero-order chi connectivity index (χ0) is 22.7. The largest absolute Gasteiger partial charge is 0.481 e. The van der Waals surface area contributed by atoms with Crippen LogP contribution in [0.3, 0.4) is 0 Å². The van der Waals surface area contributed by atoms with Crippen molar-refractivity contribution < 1.29 is 38.3 Å². The molecule has 1 N–H and O–H groups in total. The second kappa shape index (κ2) is 27.3. The molecule has 0 radical (unpaired) electrons. The summed E-state index contributed by atoms with van der Waals surface area (Å²) < 4.78 is 32.3. The Hall–Kier alpha value is -0.770. The Kier molecular flexibility index (Phi) is 26.6. The Morgan fingerprint density at radius 1 is 0.484 bits per heavy atom. The Labute approximate surface area is 188 Å². The van der Waals surface area contributed by atoms with Crippen LogP contribution in [0.25, 0.3) is 0 Å². The lowest BCUT2D eigenvalue weighted by atomic mass is 10.1. The van der Waals surface area contributed by atoms with Gasteiger partial charge < -0.3 is 33.5 Å². The van der Waals surface area contributed by atoms with Gasteiger partial charge >= 0.3 is 5.97 Å². The first-order chi connectivity index (χ1) is 15.3. The molecule has 0 heterocycles. The van der Waals surface area contributed by atoms with Gasteiger partial charge in [-0.25, -0.2) is 0 Å². The van der Waals surface area contributed by atoms with Gasteiger partial charge in [-0.1, -0.05) is 51.9 Å². The molecule has 0 bridgehead atoms. The summed E-state index contributed by atoms with van der Waals surface area (Å²) in [6, 6.07) is 0. The van der Waals surface area contributed by atoms with Crippen molar-refractivity contribution in [3.63, 3.8) is 0 Å². The average Bonchev–Trinajstić information content (AvgIpc) is 2.76. The van der Waals surface area contributed by atoms with Crippen LogP contribution >= 0.6 is 0 Å². The van der Waals surface area contributed by atoms with Crippen molar-refractivity contribution in [2.24, 2.45) is 0 Å². The van der Waals surface area contributed by atoms with Crippen molar-refractivity contribution in [3.05, 3.63) is 0 Å². The number of ether oxygens (including phenoxy) is 6. The zero-order valence-electron chi connectivity index (χ0n) is 19.7. The van der Waals surface area contributed by atoms with Crippen LogP contribution in [0.1, 0.15) is 64.7 Å². The van der Waals surface area contributed by atoms with E-state index in [0.29, 0.717) is 66.1 Å². The monoisotopic (exact) mass is 450 g/mol. The highest BCUT2D eigenvalue weighted by molar-refractivity contribution is 5.66. The first-order valence-electron chi connectivity index (χ1n) is 12.0. The van der Waals surface area contributed by atoms with Crippen LogP contribution in [-0.4, -0.2) is 90.4 Å². The van der Waals surface area contributed by atoms with Crippen molar-refractivity contribution in [1.82, 2.24) is 0 Å². The minimum atomic E-state index is -0.860. The van der Waals surface area contributed by atoms with E-state index in [1.807, 2.05) is 0 Å². The van der Waals surface area contributed by atoms with E-state index in [1.165, 1.54) is 44.9 Å². The van der Waals surface area contributed by atoms with Crippen LogP contribution in [0.15, 0.2) is 0 Å². The summed E-state index contributed by atoms with van der Waals surface area (Å²) >= 11 is 0. The molecule has 0 saturated heterocycles. The van der Waals surface area contributed by atoms with Gasteiger partial charge in [0.05, 0.1) is 79.1 Å². The molecule has 0 aromatic carbocycles. The third-order valence-electron chi connectivity index (χ3n) is 4.46. The molecule has 0 saturated carbocycles. The van der Waals surface area contributed by atoms with Crippen LogP contribution < -0.4 is 0 Å². The molecule has 0 amide bonds. The fourth-order valence-corrected chi connectivity index (χ4v) is 2.70. The Morgan fingerprint density at radius 2 is 0.806 bits per heavy atom. The van der Waals surface area contributed by atoms with E-state index in [1.54, 1.807) is 0 Å². The molecule has 0 unspecified atom stereocenters. The van der Waals surface area contributed by atoms with Gasteiger partial charge in [0.15, 0.2) is 0 Å². The zero-order valence-corrected chi connectivity index (χ0v) is 19.7. The Bertz CT molecular complexity index is 354. The first kappa shape index (κ1) is 30.2. The van der Waals surface area contributed by atoms with Gasteiger partial charge in [-0.05, 0) is 6.42 Å². The fourth-order valence-electron chi connectivity index (χ4n) is 2.70. The minimum Gasteiger partial charge on any atom is -0.481 e. The Balaban J connectivity index is 3.00.